The zero-order valence-electron chi connectivity index (χ0n) is 14.6. The molecule has 1 unspecified atom stereocenters. The van der Waals surface area contributed by atoms with Crippen molar-refractivity contribution >= 4 is 11.6 Å². The molecule has 0 spiro atoms. The average Bonchev–Trinajstić information content (AvgIpc) is 3.07. The predicted molar refractivity (Wildman–Crippen MR) is 92.9 cm³/mol. The Hall–Kier alpha value is -1.55. The van der Waals surface area contributed by atoms with Gasteiger partial charge in [-0.25, -0.2) is 0 Å². The van der Waals surface area contributed by atoms with Gasteiger partial charge in [0.15, 0.2) is 0 Å². The Kier molecular flexibility index (Phi) is 6.46. The lowest BCUT2D eigenvalue weighted by Crippen LogP contribution is -2.42. The number of amides is 1. The van der Waals surface area contributed by atoms with Crippen molar-refractivity contribution in [3.63, 3.8) is 0 Å². The fourth-order valence-corrected chi connectivity index (χ4v) is 2.73. The molecule has 0 aliphatic heterocycles. The second kappa shape index (κ2) is 8.34. The van der Waals surface area contributed by atoms with E-state index in [0.717, 1.165) is 30.7 Å². The fraction of sp³-hybridized carbons (Fsp3) is 0.632. The molecule has 1 saturated carbocycles. The van der Waals surface area contributed by atoms with Crippen LogP contribution in [0.2, 0.25) is 0 Å². The Morgan fingerprint density at radius 1 is 1.22 bits per heavy atom. The van der Waals surface area contributed by atoms with Gasteiger partial charge in [-0.15, -0.1) is 0 Å². The van der Waals surface area contributed by atoms with Gasteiger partial charge in [0.1, 0.15) is 11.4 Å². The molecule has 4 heteroatoms. The van der Waals surface area contributed by atoms with Crippen LogP contribution >= 0.6 is 0 Å². The molecule has 1 aliphatic rings. The second-order valence-electron chi connectivity index (χ2n) is 6.44. The third kappa shape index (κ3) is 4.96. The van der Waals surface area contributed by atoms with E-state index >= 15 is 0 Å². The first kappa shape index (κ1) is 17.8. The van der Waals surface area contributed by atoms with Gasteiger partial charge in [-0.1, -0.05) is 13.8 Å². The Morgan fingerprint density at radius 2 is 1.87 bits per heavy atom. The van der Waals surface area contributed by atoms with Gasteiger partial charge < -0.3 is 14.8 Å². The summed E-state index contributed by atoms with van der Waals surface area (Å²) >= 11 is 0. The zero-order chi connectivity index (χ0) is 16.7. The summed E-state index contributed by atoms with van der Waals surface area (Å²) in [6.45, 7) is 6.44. The summed E-state index contributed by atoms with van der Waals surface area (Å²) in [6.07, 6.45) is 6.68. The minimum Gasteiger partial charge on any atom is -0.490 e. The summed E-state index contributed by atoms with van der Waals surface area (Å²) in [4.78, 5) is 12.5. The third-order valence-electron chi connectivity index (χ3n) is 4.50. The largest absolute Gasteiger partial charge is 0.490 e. The number of benzene rings is 1. The van der Waals surface area contributed by atoms with Crippen LogP contribution in [-0.2, 0) is 9.53 Å². The van der Waals surface area contributed by atoms with Gasteiger partial charge in [-0.3, -0.25) is 4.79 Å². The molecule has 0 saturated heterocycles. The monoisotopic (exact) mass is 319 g/mol. The lowest BCUT2D eigenvalue weighted by atomic mass is 10.0. The molecule has 1 aromatic rings. The number of anilines is 1. The molecule has 1 atom stereocenters. The standard InChI is InChI=1S/C19H29NO3/c1-4-14-22-19(3,5-2)18(21)20-15-10-12-17(13-11-15)23-16-8-6-7-9-16/h10-13,16H,4-9,14H2,1-3H3,(H,20,21). The maximum Gasteiger partial charge on any atom is 0.256 e. The molecule has 23 heavy (non-hydrogen) atoms. The summed E-state index contributed by atoms with van der Waals surface area (Å²) in [5.41, 5.74) is -0.0109. The Balaban J connectivity index is 1.92. The van der Waals surface area contributed by atoms with Gasteiger partial charge in [0.2, 0.25) is 0 Å². The van der Waals surface area contributed by atoms with Gasteiger partial charge >= 0.3 is 0 Å². The molecule has 1 aliphatic carbocycles. The van der Waals surface area contributed by atoms with E-state index in [1.807, 2.05) is 45.0 Å². The minimum absolute atomic E-state index is 0.0992. The maximum atomic E-state index is 12.5. The predicted octanol–water partition coefficient (Wildman–Crippen LogP) is 4.54. The Bertz CT molecular complexity index is 494. The van der Waals surface area contributed by atoms with Gasteiger partial charge in [0.05, 0.1) is 6.10 Å². The first-order valence-electron chi connectivity index (χ1n) is 8.79. The molecule has 1 fully saturated rings. The van der Waals surface area contributed by atoms with E-state index in [2.05, 4.69) is 5.32 Å². The van der Waals surface area contributed by atoms with E-state index in [4.69, 9.17) is 9.47 Å². The average molecular weight is 319 g/mol. The number of nitrogens with one attached hydrogen (secondary N) is 1. The minimum atomic E-state index is -0.783. The zero-order valence-corrected chi connectivity index (χ0v) is 14.6. The fourth-order valence-electron chi connectivity index (χ4n) is 2.73. The van der Waals surface area contributed by atoms with Crippen molar-refractivity contribution in [1.82, 2.24) is 0 Å². The molecular weight excluding hydrogens is 290 g/mol. The van der Waals surface area contributed by atoms with E-state index in [0.29, 0.717) is 19.1 Å². The van der Waals surface area contributed by atoms with Crippen molar-refractivity contribution < 1.29 is 14.3 Å². The molecule has 4 nitrogen and oxygen atoms in total. The third-order valence-corrected chi connectivity index (χ3v) is 4.50. The lowest BCUT2D eigenvalue weighted by molar-refractivity contribution is -0.139. The highest BCUT2D eigenvalue weighted by atomic mass is 16.5. The lowest BCUT2D eigenvalue weighted by Gasteiger charge is -2.27. The van der Waals surface area contributed by atoms with Crippen LogP contribution < -0.4 is 10.1 Å². The highest BCUT2D eigenvalue weighted by molar-refractivity contribution is 5.97. The van der Waals surface area contributed by atoms with Crippen molar-refractivity contribution in [3.8, 4) is 5.75 Å². The van der Waals surface area contributed by atoms with Gasteiger partial charge in [0, 0.05) is 12.3 Å². The molecule has 0 bridgehead atoms. The van der Waals surface area contributed by atoms with Crippen LogP contribution in [0.3, 0.4) is 0 Å². The Morgan fingerprint density at radius 3 is 2.43 bits per heavy atom. The highest BCUT2D eigenvalue weighted by Crippen LogP contribution is 2.25. The SMILES string of the molecule is CCCOC(C)(CC)C(=O)Nc1ccc(OC2CCCC2)cc1. The summed E-state index contributed by atoms with van der Waals surface area (Å²) in [6, 6.07) is 7.62. The number of hydrogen-bond donors (Lipinski definition) is 1. The van der Waals surface area contributed by atoms with Gasteiger partial charge in [-0.05, 0) is 69.7 Å². The molecule has 0 heterocycles. The first-order valence-corrected chi connectivity index (χ1v) is 8.79. The molecule has 0 radical (unpaired) electrons. The normalized spacial score (nSPS) is 17.7. The van der Waals surface area contributed by atoms with Crippen molar-refractivity contribution in [2.24, 2.45) is 0 Å². The van der Waals surface area contributed by atoms with Crippen LogP contribution in [0, 0.1) is 0 Å². The maximum absolute atomic E-state index is 12.5. The number of hydrogen-bond acceptors (Lipinski definition) is 3. The number of rotatable bonds is 8. The van der Waals surface area contributed by atoms with Crippen LogP contribution in [-0.4, -0.2) is 24.2 Å². The van der Waals surface area contributed by atoms with Crippen molar-refractivity contribution in [3.05, 3.63) is 24.3 Å². The molecule has 1 aromatic carbocycles. The molecule has 1 N–H and O–H groups in total. The molecule has 128 valence electrons. The Labute approximate surface area is 139 Å². The second-order valence-corrected chi connectivity index (χ2v) is 6.44. The summed E-state index contributed by atoms with van der Waals surface area (Å²) < 4.78 is 11.7. The number of carbonyl (C=O) groups excluding carboxylic acids is 1. The van der Waals surface area contributed by atoms with E-state index in [1.54, 1.807) is 0 Å². The van der Waals surface area contributed by atoms with Crippen molar-refractivity contribution in [2.45, 2.75) is 71.0 Å². The van der Waals surface area contributed by atoms with Crippen LogP contribution in [0.5, 0.6) is 5.75 Å². The quantitative estimate of drug-likeness (QED) is 0.765. The van der Waals surface area contributed by atoms with Crippen LogP contribution in [0.15, 0.2) is 24.3 Å². The van der Waals surface area contributed by atoms with Crippen molar-refractivity contribution in [1.29, 1.82) is 0 Å². The van der Waals surface area contributed by atoms with Crippen LogP contribution in [0.4, 0.5) is 5.69 Å². The molecular formula is C19H29NO3. The summed E-state index contributed by atoms with van der Waals surface area (Å²) in [5, 5.41) is 2.94. The molecule has 0 aromatic heterocycles. The topological polar surface area (TPSA) is 47.6 Å². The van der Waals surface area contributed by atoms with Gasteiger partial charge in [-0.2, -0.15) is 0 Å². The number of ether oxygens (including phenoxy) is 2. The highest BCUT2D eigenvalue weighted by Gasteiger charge is 2.32. The van der Waals surface area contributed by atoms with E-state index < -0.39 is 5.60 Å². The smallest absolute Gasteiger partial charge is 0.256 e. The summed E-state index contributed by atoms with van der Waals surface area (Å²) in [7, 11) is 0. The number of carbonyl (C=O) groups is 1. The van der Waals surface area contributed by atoms with Crippen molar-refractivity contribution in [2.75, 3.05) is 11.9 Å². The first-order chi connectivity index (χ1) is 11.1. The molecule has 1 amide bonds. The summed E-state index contributed by atoms with van der Waals surface area (Å²) in [5.74, 6) is 0.772. The van der Waals surface area contributed by atoms with E-state index in [9.17, 15) is 4.79 Å². The van der Waals surface area contributed by atoms with E-state index in [1.165, 1.54) is 12.8 Å². The van der Waals surface area contributed by atoms with Crippen LogP contribution in [0.1, 0.15) is 59.3 Å². The van der Waals surface area contributed by atoms with E-state index in [-0.39, 0.29) is 5.91 Å². The molecule has 2 rings (SSSR count). The van der Waals surface area contributed by atoms with Crippen LogP contribution in [0.25, 0.3) is 0 Å². The van der Waals surface area contributed by atoms with Gasteiger partial charge in [0.25, 0.3) is 5.91 Å².